The number of carbonyl (C=O) groups excluding carboxylic acids is 1. The molecule has 0 aromatic carbocycles. The van der Waals surface area contributed by atoms with E-state index in [1.165, 1.54) is 148 Å². The Morgan fingerprint density at radius 3 is 1.16 bits per heavy atom. The monoisotopic (exact) mass is 538 g/mol. The molecule has 0 aliphatic carbocycles. The van der Waals surface area contributed by atoms with E-state index in [1.54, 1.807) is 0 Å². The fourth-order valence-corrected chi connectivity index (χ4v) is 5.63. The highest BCUT2D eigenvalue weighted by Crippen LogP contribution is 2.16. The van der Waals surface area contributed by atoms with Crippen LogP contribution in [0.1, 0.15) is 207 Å². The highest BCUT2D eigenvalue weighted by Gasteiger charge is 2.18. The van der Waals surface area contributed by atoms with Gasteiger partial charge in [-0.2, -0.15) is 0 Å². The van der Waals surface area contributed by atoms with E-state index in [0.717, 1.165) is 32.1 Å². The van der Waals surface area contributed by atoms with Crippen molar-refractivity contribution in [1.82, 2.24) is 5.32 Å². The molecular weight excluding hydrogens is 466 g/mol. The average molecular weight is 538 g/mol. The van der Waals surface area contributed by atoms with Gasteiger partial charge in [-0.3, -0.25) is 4.79 Å². The topological polar surface area (TPSA) is 49.3 Å². The van der Waals surface area contributed by atoms with Gasteiger partial charge in [0.2, 0.25) is 5.91 Å². The molecule has 0 aliphatic rings. The van der Waals surface area contributed by atoms with Crippen molar-refractivity contribution in [3.63, 3.8) is 0 Å². The Morgan fingerprint density at radius 1 is 0.500 bits per heavy atom. The number of aliphatic hydroxyl groups excluding tert-OH is 1. The first-order valence-corrected chi connectivity index (χ1v) is 17.6. The number of unbranched alkanes of at least 4 members (excludes halogenated alkanes) is 24. The molecule has 0 saturated heterocycles. The van der Waals surface area contributed by atoms with Crippen LogP contribution < -0.4 is 5.32 Å². The smallest absolute Gasteiger partial charge is 0.220 e. The van der Waals surface area contributed by atoms with Crippen LogP contribution in [0.4, 0.5) is 0 Å². The maximum atomic E-state index is 12.4. The second kappa shape index (κ2) is 31.0. The summed E-state index contributed by atoms with van der Waals surface area (Å²) in [6.07, 6.45) is 36.5. The fraction of sp³-hybridized carbons (Fsp3) is 0.971. The van der Waals surface area contributed by atoms with Crippen LogP contribution in [0.15, 0.2) is 0 Å². The minimum Gasteiger partial charge on any atom is -0.391 e. The molecule has 2 unspecified atom stereocenters. The standard InChI is InChI=1S/C35H71NO2/c1-4-7-9-11-13-15-17-19-21-23-25-27-29-31-34(37)33(6-3)36-35(38)32-30-28-26-24-22-20-18-16-14-12-10-8-5-2/h33-34,37H,4-32H2,1-3H3,(H,36,38). The molecule has 2 atom stereocenters. The lowest BCUT2D eigenvalue weighted by atomic mass is 10.00. The summed E-state index contributed by atoms with van der Waals surface area (Å²) in [7, 11) is 0. The van der Waals surface area contributed by atoms with Gasteiger partial charge in [0.1, 0.15) is 0 Å². The van der Waals surface area contributed by atoms with Crippen molar-refractivity contribution in [2.24, 2.45) is 0 Å². The molecule has 0 rings (SSSR count). The van der Waals surface area contributed by atoms with Gasteiger partial charge in [0, 0.05) is 6.42 Å². The number of amides is 1. The minimum absolute atomic E-state index is 0.0817. The van der Waals surface area contributed by atoms with Gasteiger partial charge in [0.15, 0.2) is 0 Å². The molecule has 0 aromatic rings. The van der Waals surface area contributed by atoms with Gasteiger partial charge in [-0.05, 0) is 19.3 Å². The van der Waals surface area contributed by atoms with Crippen molar-refractivity contribution in [3.05, 3.63) is 0 Å². The second-order valence-corrected chi connectivity index (χ2v) is 12.2. The van der Waals surface area contributed by atoms with Crippen molar-refractivity contribution in [2.45, 2.75) is 219 Å². The Balaban J connectivity index is 3.55. The summed E-state index contributed by atoms with van der Waals surface area (Å²) in [4.78, 5) is 12.4. The van der Waals surface area contributed by atoms with Gasteiger partial charge in [-0.1, -0.05) is 181 Å². The van der Waals surface area contributed by atoms with E-state index >= 15 is 0 Å². The molecular formula is C35H71NO2. The number of rotatable bonds is 31. The van der Waals surface area contributed by atoms with Crippen LogP contribution >= 0.6 is 0 Å². The lowest BCUT2D eigenvalue weighted by Crippen LogP contribution is -2.42. The van der Waals surface area contributed by atoms with Crippen LogP contribution in [0.5, 0.6) is 0 Å². The predicted octanol–water partition coefficient (Wildman–Crippen LogP) is 11.2. The zero-order chi connectivity index (χ0) is 27.9. The molecule has 0 bridgehead atoms. The molecule has 0 spiro atoms. The first-order chi connectivity index (χ1) is 18.7. The van der Waals surface area contributed by atoms with Crippen molar-refractivity contribution in [3.8, 4) is 0 Å². The highest BCUT2D eigenvalue weighted by atomic mass is 16.3. The third-order valence-corrected chi connectivity index (χ3v) is 8.36. The molecule has 1 amide bonds. The van der Waals surface area contributed by atoms with E-state index in [0.29, 0.717) is 6.42 Å². The maximum absolute atomic E-state index is 12.4. The Hall–Kier alpha value is -0.570. The molecule has 3 nitrogen and oxygen atoms in total. The minimum atomic E-state index is -0.400. The summed E-state index contributed by atoms with van der Waals surface area (Å²) in [6, 6.07) is -0.0817. The summed E-state index contributed by atoms with van der Waals surface area (Å²) in [5.74, 6) is 0.129. The van der Waals surface area contributed by atoms with Crippen LogP contribution in [-0.4, -0.2) is 23.2 Å². The molecule has 0 fully saturated rings. The van der Waals surface area contributed by atoms with Crippen LogP contribution in [0.2, 0.25) is 0 Å². The largest absolute Gasteiger partial charge is 0.391 e. The molecule has 228 valence electrons. The summed E-state index contributed by atoms with van der Waals surface area (Å²) < 4.78 is 0. The van der Waals surface area contributed by atoms with Gasteiger partial charge in [0.05, 0.1) is 12.1 Å². The van der Waals surface area contributed by atoms with Crippen LogP contribution in [-0.2, 0) is 4.79 Å². The number of hydrogen-bond acceptors (Lipinski definition) is 2. The summed E-state index contributed by atoms with van der Waals surface area (Å²) in [6.45, 7) is 6.63. The van der Waals surface area contributed by atoms with Gasteiger partial charge in [0.25, 0.3) is 0 Å². The predicted molar refractivity (Wildman–Crippen MR) is 169 cm³/mol. The third-order valence-electron chi connectivity index (χ3n) is 8.36. The van der Waals surface area contributed by atoms with Crippen molar-refractivity contribution in [1.29, 1.82) is 0 Å². The maximum Gasteiger partial charge on any atom is 0.220 e. The van der Waals surface area contributed by atoms with E-state index in [9.17, 15) is 9.90 Å². The fourth-order valence-electron chi connectivity index (χ4n) is 5.63. The number of aliphatic hydroxyl groups is 1. The van der Waals surface area contributed by atoms with E-state index < -0.39 is 6.10 Å². The van der Waals surface area contributed by atoms with E-state index in [1.807, 2.05) is 0 Å². The quantitative estimate of drug-likeness (QED) is 0.0864. The Morgan fingerprint density at radius 2 is 0.816 bits per heavy atom. The van der Waals surface area contributed by atoms with Gasteiger partial charge in [-0.25, -0.2) is 0 Å². The number of hydrogen-bond donors (Lipinski definition) is 2. The van der Waals surface area contributed by atoms with Crippen LogP contribution in [0.3, 0.4) is 0 Å². The van der Waals surface area contributed by atoms with Crippen molar-refractivity contribution >= 4 is 5.91 Å². The lowest BCUT2D eigenvalue weighted by molar-refractivity contribution is -0.122. The molecule has 0 aliphatic heterocycles. The lowest BCUT2D eigenvalue weighted by Gasteiger charge is -2.23. The van der Waals surface area contributed by atoms with E-state index in [4.69, 9.17) is 0 Å². The van der Waals surface area contributed by atoms with Gasteiger partial charge >= 0.3 is 0 Å². The summed E-state index contributed by atoms with van der Waals surface area (Å²) >= 11 is 0. The van der Waals surface area contributed by atoms with Crippen LogP contribution in [0.25, 0.3) is 0 Å². The average Bonchev–Trinajstić information content (AvgIpc) is 2.92. The Bertz CT molecular complexity index is 467. The highest BCUT2D eigenvalue weighted by molar-refractivity contribution is 5.76. The van der Waals surface area contributed by atoms with Crippen LogP contribution in [0, 0.1) is 0 Å². The van der Waals surface area contributed by atoms with Crippen molar-refractivity contribution < 1.29 is 9.90 Å². The summed E-state index contributed by atoms with van der Waals surface area (Å²) in [5, 5.41) is 13.7. The van der Waals surface area contributed by atoms with Crippen molar-refractivity contribution in [2.75, 3.05) is 0 Å². The Kier molecular flexibility index (Phi) is 30.5. The normalized spacial score (nSPS) is 13.1. The number of nitrogens with one attached hydrogen (secondary N) is 1. The number of carbonyl (C=O) groups is 1. The molecule has 0 aromatic heterocycles. The third kappa shape index (κ3) is 27.0. The molecule has 3 heteroatoms. The van der Waals surface area contributed by atoms with E-state index in [-0.39, 0.29) is 11.9 Å². The molecule has 2 N–H and O–H groups in total. The molecule has 0 radical (unpaired) electrons. The SMILES string of the molecule is CCCCCCCCCCCCCCCC(=O)NC(CC)C(O)CCCCCCCCCCCCCCC. The molecule has 38 heavy (non-hydrogen) atoms. The first kappa shape index (κ1) is 37.4. The molecule has 0 saturated carbocycles. The van der Waals surface area contributed by atoms with E-state index in [2.05, 4.69) is 26.1 Å². The van der Waals surface area contributed by atoms with Gasteiger partial charge in [-0.15, -0.1) is 0 Å². The first-order valence-electron chi connectivity index (χ1n) is 17.6. The Labute approximate surface area is 240 Å². The zero-order valence-electron chi connectivity index (χ0n) is 26.5. The summed E-state index contributed by atoms with van der Waals surface area (Å²) in [5.41, 5.74) is 0. The second-order valence-electron chi connectivity index (χ2n) is 12.2. The van der Waals surface area contributed by atoms with Gasteiger partial charge < -0.3 is 10.4 Å². The molecule has 0 heterocycles. The zero-order valence-corrected chi connectivity index (χ0v) is 26.5.